The molecule has 2 aromatic rings. The first kappa shape index (κ1) is 12.9. The zero-order chi connectivity index (χ0) is 14.0. The zero-order valence-corrected chi connectivity index (χ0v) is 10.6. The van der Waals surface area contributed by atoms with Crippen molar-refractivity contribution in [3.8, 4) is 17.3 Å². The highest BCUT2D eigenvalue weighted by molar-refractivity contribution is 5.92. The van der Waals surface area contributed by atoms with E-state index in [1.807, 2.05) is 6.92 Å². The van der Waals surface area contributed by atoms with Gasteiger partial charge < -0.3 is 14.9 Å². The van der Waals surface area contributed by atoms with Crippen molar-refractivity contribution in [1.29, 1.82) is 0 Å². The number of carbonyl (C=O) groups is 1. The number of aromatic nitrogens is 2. The van der Waals surface area contributed by atoms with E-state index in [0.717, 1.165) is 0 Å². The quantitative estimate of drug-likeness (QED) is 0.878. The van der Waals surface area contributed by atoms with Gasteiger partial charge in [-0.25, -0.2) is 4.79 Å². The summed E-state index contributed by atoms with van der Waals surface area (Å²) >= 11 is 0. The van der Waals surface area contributed by atoms with Gasteiger partial charge in [0.1, 0.15) is 11.3 Å². The van der Waals surface area contributed by atoms with E-state index in [1.54, 1.807) is 12.1 Å². The van der Waals surface area contributed by atoms with Crippen molar-refractivity contribution >= 4 is 5.97 Å². The first-order valence-electron chi connectivity index (χ1n) is 5.77. The molecule has 0 unspecified atom stereocenters. The van der Waals surface area contributed by atoms with Crippen molar-refractivity contribution in [1.82, 2.24) is 9.78 Å². The molecule has 0 saturated carbocycles. The Morgan fingerprint density at radius 1 is 1.47 bits per heavy atom. The number of ether oxygens (including phenoxy) is 1. The van der Waals surface area contributed by atoms with Gasteiger partial charge in [-0.2, -0.15) is 9.78 Å². The summed E-state index contributed by atoms with van der Waals surface area (Å²) in [5, 5.41) is 23.0. The van der Waals surface area contributed by atoms with E-state index in [9.17, 15) is 15.0 Å². The number of carboxylic acid groups (broad SMARTS) is 1. The number of nitrogens with zero attached hydrogens (tertiary/aromatic N) is 2. The predicted molar refractivity (Wildman–Crippen MR) is 68.1 cm³/mol. The van der Waals surface area contributed by atoms with Crippen LogP contribution in [0.5, 0.6) is 11.6 Å². The van der Waals surface area contributed by atoms with Crippen LogP contribution in [-0.4, -0.2) is 33.1 Å². The molecule has 0 atom stereocenters. The SMILES string of the molecule is CCc1nn(-c2cccc(O)c2)c(OC)c1C(=O)O. The normalized spacial score (nSPS) is 10.4. The van der Waals surface area contributed by atoms with Gasteiger partial charge in [-0.05, 0) is 18.6 Å². The lowest BCUT2D eigenvalue weighted by molar-refractivity contribution is 0.0692. The lowest BCUT2D eigenvalue weighted by Crippen LogP contribution is -2.03. The molecule has 19 heavy (non-hydrogen) atoms. The average Bonchev–Trinajstić information content (AvgIpc) is 2.77. The van der Waals surface area contributed by atoms with E-state index < -0.39 is 5.97 Å². The minimum atomic E-state index is -1.08. The fourth-order valence-electron chi connectivity index (χ4n) is 1.90. The van der Waals surface area contributed by atoms with E-state index in [2.05, 4.69) is 5.10 Å². The monoisotopic (exact) mass is 262 g/mol. The highest BCUT2D eigenvalue weighted by Gasteiger charge is 2.24. The lowest BCUT2D eigenvalue weighted by atomic mass is 10.2. The summed E-state index contributed by atoms with van der Waals surface area (Å²) in [5.41, 5.74) is 1.03. The minimum absolute atomic E-state index is 0.0494. The molecule has 100 valence electrons. The molecule has 0 saturated heterocycles. The Balaban J connectivity index is 2.67. The van der Waals surface area contributed by atoms with Crippen LogP contribution in [0, 0.1) is 0 Å². The Morgan fingerprint density at radius 2 is 2.21 bits per heavy atom. The van der Waals surface area contributed by atoms with Crippen molar-refractivity contribution < 1.29 is 19.7 Å². The third kappa shape index (κ3) is 2.24. The van der Waals surface area contributed by atoms with Crippen LogP contribution in [0.4, 0.5) is 0 Å². The van der Waals surface area contributed by atoms with Crippen LogP contribution in [-0.2, 0) is 6.42 Å². The number of aromatic hydroxyl groups is 1. The molecular weight excluding hydrogens is 248 g/mol. The molecule has 1 heterocycles. The summed E-state index contributed by atoms with van der Waals surface area (Å²) < 4.78 is 6.53. The molecule has 0 bridgehead atoms. The number of carboxylic acids is 1. The summed E-state index contributed by atoms with van der Waals surface area (Å²) in [5.74, 6) is -0.861. The highest BCUT2D eigenvalue weighted by Crippen LogP contribution is 2.27. The minimum Gasteiger partial charge on any atom is -0.508 e. The Morgan fingerprint density at radius 3 is 2.74 bits per heavy atom. The molecule has 6 heteroatoms. The van der Waals surface area contributed by atoms with Gasteiger partial charge in [0.2, 0.25) is 5.88 Å². The maximum atomic E-state index is 11.3. The summed E-state index contributed by atoms with van der Waals surface area (Å²) in [6.45, 7) is 1.82. The molecule has 0 spiro atoms. The number of aryl methyl sites for hydroxylation is 1. The van der Waals surface area contributed by atoms with Gasteiger partial charge >= 0.3 is 5.97 Å². The maximum Gasteiger partial charge on any atom is 0.343 e. The van der Waals surface area contributed by atoms with E-state index in [0.29, 0.717) is 17.8 Å². The van der Waals surface area contributed by atoms with Crippen LogP contribution < -0.4 is 4.74 Å². The second-order valence-corrected chi connectivity index (χ2v) is 3.92. The Bertz CT molecular complexity index is 619. The molecule has 1 aromatic carbocycles. The molecule has 1 aromatic heterocycles. The number of phenols is 1. The molecule has 0 fully saturated rings. The summed E-state index contributed by atoms with van der Waals surface area (Å²) in [4.78, 5) is 11.3. The number of hydrogen-bond donors (Lipinski definition) is 2. The first-order chi connectivity index (χ1) is 9.08. The van der Waals surface area contributed by atoms with E-state index in [1.165, 1.54) is 23.9 Å². The smallest absolute Gasteiger partial charge is 0.343 e. The van der Waals surface area contributed by atoms with Crippen molar-refractivity contribution in [3.05, 3.63) is 35.5 Å². The number of methoxy groups -OCH3 is 1. The third-order valence-corrected chi connectivity index (χ3v) is 2.73. The number of hydrogen-bond acceptors (Lipinski definition) is 4. The van der Waals surface area contributed by atoms with E-state index in [4.69, 9.17) is 4.74 Å². The molecule has 2 N–H and O–H groups in total. The summed E-state index contributed by atoms with van der Waals surface area (Å²) in [6.07, 6.45) is 0.476. The highest BCUT2D eigenvalue weighted by atomic mass is 16.5. The van der Waals surface area contributed by atoms with Crippen LogP contribution in [0.3, 0.4) is 0 Å². The van der Waals surface area contributed by atoms with Gasteiger partial charge in [0.15, 0.2) is 0 Å². The van der Waals surface area contributed by atoms with Crippen molar-refractivity contribution in [3.63, 3.8) is 0 Å². The third-order valence-electron chi connectivity index (χ3n) is 2.73. The van der Waals surface area contributed by atoms with Gasteiger partial charge in [-0.15, -0.1) is 0 Å². The van der Waals surface area contributed by atoms with E-state index >= 15 is 0 Å². The number of rotatable bonds is 4. The standard InChI is InChI=1S/C13H14N2O4/c1-3-10-11(13(17)18)12(19-2)15(14-10)8-5-4-6-9(16)7-8/h4-7,16H,3H2,1-2H3,(H,17,18). The maximum absolute atomic E-state index is 11.3. The summed E-state index contributed by atoms with van der Waals surface area (Å²) in [6, 6.07) is 6.37. The zero-order valence-electron chi connectivity index (χ0n) is 10.6. The lowest BCUT2D eigenvalue weighted by Gasteiger charge is -2.06. The second-order valence-electron chi connectivity index (χ2n) is 3.92. The van der Waals surface area contributed by atoms with Gasteiger partial charge in [-0.3, -0.25) is 0 Å². The Hall–Kier alpha value is -2.50. The molecule has 0 aliphatic heterocycles. The number of phenolic OH excluding ortho intramolecular Hbond substituents is 1. The molecule has 6 nitrogen and oxygen atoms in total. The van der Waals surface area contributed by atoms with E-state index in [-0.39, 0.29) is 17.2 Å². The second kappa shape index (κ2) is 5.01. The van der Waals surface area contributed by atoms with Gasteiger partial charge in [-0.1, -0.05) is 13.0 Å². The average molecular weight is 262 g/mol. The Labute approximate surface area is 109 Å². The largest absolute Gasteiger partial charge is 0.508 e. The topological polar surface area (TPSA) is 84.6 Å². The van der Waals surface area contributed by atoms with Gasteiger partial charge in [0, 0.05) is 6.07 Å². The van der Waals surface area contributed by atoms with Crippen LogP contribution in [0.15, 0.2) is 24.3 Å². The van der Waals surface area contributed by atoms with Crippen molar-refractivity contribution in [2.24, 2.45) is 0 Å². The molecular formula is C13H14N2O4. The van der Waals surface area contributed by atoms with Crippen LogP contribution in [0.1, 0.15) is 23.0 Å². The predicted octanol–water partition coefficient (Wildman–Crippen LogP) is 1.85. The summed E-state index contributed by atoms with van der Waals surface area (Å²) in [7, 11) is 1.39. The molecule has 0 aliphatic rings. The number of aromatic carboxylic acids is 1. The van der Waals surface area contributed by atoms with Crippen LogP contribution >= 0.6 is 0 Å². The van der Waals surface area contributed by atoms with Crippen molar-refractivity contribution in [2.45, 2.75) is 13.3 Å². The molecule has 0 radical (unpaired) electrons. The molecule has 0 aliphatic carbocycles. The van der Waals surface area contributed by atoms with Crippen LogP contribution in [0.2, 0.25) is 0 Å². The van der Waals surface area contributed by atoms with Crippen LogP contribution in [0.25, 0.3) is 5.69 Å². The van der Waals surface area contributed by atoms with Gasteiger partial charge in [0.25, 0.3) is 0 Å². The first-order valence-corrected chi connectivity index (χ1v) is 5.77. The molecule has 0 amide bonds. The number of benzene rings is 1. The van der Waals surface area contributed by atoms with Gasteiger partial charge in [0.05, 0.1) is 18.5 Å². The van der Waals surface area contributed by atoms with Crippen molar-refractivity contribution in [2.75, 3.05) is 7.11 Å². The fraction of sp³-hybridized carbons (Fsp3) is 0.231. The fourth-order valence-corrected chi connectivity index (χ4v) is 1.90. The Kier molecular flexibility index (Phi) is 3.41. The molecule has 2 rings (SSSR count).